The third kappa shape index (κ3) is 2.49. The van der Waals surface area contributed by atoms with Gasteiger partial charge in [0.2, 0.25) is 0 Å². The fourth-order valence-corrected chi connectivity index (χ4v) is 2.58. The van der Waals surface area contributed by atoms with Crippen LogP contribution in [-0.4, -0.2) is 13.7 Å². The lowest BCUT2D eigenvalue weighted by molar-refractivity contribution is 0.288. The lowest BCUT2D eigenvalue weighted by atomic mass is 9.95. The minimum Gasteiger partial charge on any atom is -0.497 e. The summed E-state index contributed by atoms with van der Waals surface area (Å²) in [5.74, 6) is 1.85. The number of hydrogen-bond donors (Lipinski definition) is 1. The third-order valence-electron chi connectivity index (χ3n) is 3.77. The number of fused-ring (bicyclic) bond motifs is 1. The van der Waals surface area contributed by atoms with Crippen molar-refractivity contribution in [3.8, 4) is 11.5 Å². The maximum Gasteiger partial charge on any atom is 0.122 e. The molecule has 1 unspecified atom stereocenters. The zero-order valence-electron chi connectivity index (χ0n) is 11.6. The van der Waals surface area contributed by atoms with Crippen molar-refractivity contribution in [2.45, 2.75) is 18.9 Å². The van der Waals surface area contributed by atoms with Crippen LogP contribution in [0.15, 0.2) is 42.5 Å². The molecule has 0 bridgehead atoms. The maximum atomic E-state index is 6.36. The molecule has 0 spiro atoms. The number of nitrogens with two attached hydrogens (primary N) is 1. The number of aryl methyl sites for hydroxylation is 1. The lowest BCUT2D eigenvalue weighted by Gasteiger charge is -2.20. The molecule has 2 aromatic rings. The smallest absolute Gasteiger partial charge is 0.122 e. The van der Waals surface area contributed by atoms with E-state index in [9.17, 15) is 0 Å². The Morgan fingerprint density at radius 1 is 1.10 bits per heavy atom. The largest absolute Gasteiger partial charge is 0.497 e. The van der Waals surface area contributed by atoms with E-state index in [2.05, 4.69) is 12.1 Å². The van der Waals surface area contributed by atoms with Crippen LogP contribution in [-0.2, 0) is 6.42 Å². The van der Waals surface area contributed by atoms with Gasteiger partial charge in [-0.15, -0.1) is 0 Å². The van der Waals surface area contributed by atoms with Gasteiger partial charge in [-0.05, 0) is 47.7 Å². The molecular weight excluding hydrogens is 250 g/mol. The minimum atomic E-state index is -0.117. The topological polar surface area (TPSA) is 44.5 Å². The molecule has 0 aliphatic carbocycles. The van der Waals surface area contributed by atoms with Crippen LogP contribution in [0.5, 0.6) is 11.5 Å². The predicted octanol–water partition coefficient (Wildman–Crippen LogP) is 3.07. The Bertz CT molecular complexity index is 592. The highest BCUT2D eigenvalue weighted by atomic mass is 16.5. The zero-order valence-corrected chi connectivity index (χ0v) is 11.6. The summed E-state index contributed by atoms with van der Waals surface area (Å²) in [7, 11) is 1.67. The standard InChI is InChI=1S/C17H19NO2/c1-19-15-7-4-12(5-8-15)17(18)14-6-9-16-13(11-14)3-2-10-20-16/h4-9,11,17H,2-3,10,18H2,1H3. The second-order valence-corrected chi connectivity index (χ2v) is 5.07. The summed E-state index contributed by atoms with van der Waals surface area (Å²) in [6.45, 7) is 0.816. The van der Waals surface area contributed by atoms with Crippen molar-refractivity contribution in [3.63, 3.8) is 0 Å². The molecule has 3 nitrogen and oxygen atoms in total. The third-order valence-corrected chi connectivity index (χ3v) is 3.77. The van der Waals surface area contributed by atoms with Crippen molar-refractivity contribution < 1.29 is 9.47 Å². The van der Waals surface area contributed by atoms with E-state index in [1.54, 1.807) is 7.11 Å². The van der Waals surface area contributed by atoms with Crippen molar-refractivity contribution in [2.24, 2.45) is 5.73 Å². The van der Waals surface area contributed by atoms with E-state index in [0.29, 0.717) is 0 Å². The quantitative estimate of drug-likeness (QED) is 0.931. The molecule has 0 saturated carbocycles. The van der Waals surface area contributed by atoms with Gasteiger partial charge in [0.05, 0.1) is 19.8 Å². The number of hydrogen-bond acceptors (Lipinski definition) is 3. The Hall–Kier alpha value is -2.00. The molecule has 0 saturated heterocycles. The molecule has 1 aliphatic rings. The number of methoxy groups -OCH3 is 1. The van der Waals surface area contributed by atoms with Crippen molar-refractivity contribution in [1.29, 1.82) is 0 Å². The van der Waals surface area contributed by atoms with Gasteiger partial charge in [-0.3, -0.25) is 0 Å². The molecule has 2 N–H and O–H groups in total. The summed E-state index contributed by atoms with van der Waals surface area (Å²) < 4.78 is 10.8. The number of rotatable bonds is 3. The van der Waals surface area contributed by atoms with E-state index in [-0.39, 0.29) is 6.04 Å². The lowest BCUT2D eigenvalue weighted by Crippen LogP contribution is -2.14. The highest BCUT2D eigenvalue weighted by molar-refractivity contribution is 5.42. The Kier molecular flexibility index (Phi) is 3.61. The van der Waals surface area contributed by atoms with Crippen LogP contribution < -0.4 is 15.2 Å². The second kappa shape index (κ2) is 5.55. The van der Waals surface area contributed by atoms with Crippen molar-refractivity contribution >= 4 is 0 Å². The second-order valence-electron chi connectivity index (χ2n) is 5.07. The first-order valence-corrected chi connectivity index (χ1v) is 6.93. The first-order valence-electron chi connectivity index (χ1n) is 6.93. The monoisotopic (exact) mass is 269 g/mol. The Balaban J connectivity index is 1.87. The van der Waals surface area contributed by atoms with Gasteiger partial charge in [-0.2, -0.15) is 0 Å². The van der Waals surface area contributed by atoms with Crippen molar-refractivity contribution in [2.75, 3.05) is 13.7 Å². The van der Waals surface area contributed by atoms with Gasteiger partial charge >= 0.3 is 0 Å². The van der Waals surface area contributed by atoms with Crippen LogP contribution in [0.4, 0.5) is 0 Å². The zero-order chi connectivity index (χ0) is 13.9. The number of benzene rings is 2. The van der Waals surface area contributed by atoms with Gasteiger partial charge < -0.3 is 15.2 Å². The predicted molar refractivity (Wildman–Crippen MR) is 79.3 cm³/mol. The maximum absolute atomic E-state index is 6.36. The molecule has 2 aromatic carbocycles. The first kappa shape index (κ1) is 13.0. The van der Waals surface area contributed by atoms with E-state index < -0.39 is 0 Å². The number of ether oxygens (including phenoxy) is 2. The summed E-state index contributed by atoms with van der Waals surface area (Å²) in [5.41, 5.74) is 9.83. The summed E-state index contributed by atoms with van der Waals surface area (Å²) in [6.07, 6.45) is 2.15. The Labute approximate surface area is 119 Å². The van der Waals surface area contributed by atoms with Crippen LogP contribution >= 0.6 is 0 Å². The van der Waals surface area contributed by atoms with E-state index in [0.717, 1.165) is 42.1 Å². The van der Waals surface area contributed by atoms with E-state index in [4.69, 9.17) is 15.2 Å². The highest BCUT2D eigenvalue weighted by Crippen LogP contribution is 2.29. The van der Waals surface area contributed by atoms with Crippen LogP contribution in [0.1, 0.15) is 29.2 Å². The van der Waals surface area contributed by atoms with Gasteiger partial charge in [0.15, 0.2) is 0 Å². The average Bonchev–Trinajstić information content (AvgIpc) is 2.54. The van der Waals surface area contributed by atoms with Crippen LogP contribution in [0, 0.1) is 0 Å². The van der Waals surface area contributed by atoms with Gasteiger partial charge in [0.25, 0.3) is 0 Å². The molecule has 1 aliphatic heterocycles. The highest BCUT2D eigenvalue weighted by Gasteiger charge is 2.14. The average molecular weight is 269 g/mol. The van der Waals surface area contributed by atoms with E-state index in [1.807, 2.05) is 30.3 Å². The molecule has 1 atom stereocenters. The van der Waals surface area contributed by atoms with E-state index >= 15 is 0 Å². The minimum absolute atomic E-state index is 0.117. The van der Waals surface area contributed by atoms with Gasteiger partial charge in [0.1, 0.15) is 11.5 Å². The SMILES string of the molecule is COc1ccc(C(N)c2ccc3c(c2)CCCO3)cc1. The summed E-state index contributed by atoms with van der Waals surface area (Å²) in [5, 5.41) is 0. The molecule has 0 amide bonds. The first-order chi connectivity index (χ1) is 9.78. The van der Waals surface area contributed by atoms with Crippen molar-refractivity contribution in [3.05, 3.63) is 59.2 Å². The molecule has 3 rings (SSSR count). The molecule has 20 heavy (non-hydrogen) atoms. The normalized spacial score (nSPS) is 15.1. The summed E-state index contributed by atoms with van der Waals surface area (Å²) in [4.78, 5) is 0. The van der Waals surface area contributed by atoms with Gasteiger partial charge in [-0.25, -0.2) is 0 Å². The Morgan fingerprint density at radius 3 is 2.60 bits per heavy atom. The molecule has 0 fully saturated rings. The molecule has 0 radical (unpaired) electrons. The molecule has 0 aromatic heterocycles. The van der Waals surface area contributed by atoms with Crippen LogP contribution in [0.2, 0.25) is 0 Å². The fourth-order valence-electron chi connectivity index (χ4n) is 2.58. The summed E-state index contributed by atoms with van der Waals surface area (Å²) in [6, 6.07) is 14.1. The van der Waals surface area contributed by atoms with Crippen LogP contribution in [0.25, 0.3) is 0 Å². The molecule has 1 heterocycles. The van der Waals surface area contributed by atoms with Crippen LogP contribution in [0.3, 0.4) is 0 Å². The fraction of sp³-hybridized carbons (Fsp3) is 0.294. The van der Waals surface area contributed by atoms with E-state index in [1.165, 1.54) is 5.56 Å². The molecule has 3 heteroatoms. The molecule has 104 valence electrons. The Morgan fingerprint density at radius 2 is 1.85 bits per heavy atom. The van der Waals surface area contributed by atoms with Gasteiger partial charge in [-0.1, -0.05) is 24.3 Å². The summed E-state index contributed by atoms with van der Waals surface area (Å²) >= 11 is 0. The van der Waals surface area contributed by atoms with Crippen molar-refractivity contribution in [1.82, 2.24) is 0 Å². The van der Waals surface area contributed by atoms with Gasteiger partial charge in [0, 0.05) is 0 Å². The molecular formula is C17H19NO2.